The number of hydrogen-bond acceptors (Lipinski definition) is 6. The number of nitriles is 2. The first-order valence-electron chi connectivity index (χ1n) is 12.4. The van der Waals surface area contributed by atoms with Gasteiger partial charge in [0.1, 0.15) is 23.6 Å². The fraction of sp³-hybridized carbons (Fsp3) is 0.500. The number of piperazine rings is 1. The second-order valence-corrected chi connectivity index (χ2v) is 8.68. The van der Waals surface area contributed by atoms with Crippen LogP contribution in [0.5, 0.6) is 11.5 Å². The van der Waals surface area contributed by atoms with Crippen LogP contribution in [0.25, 0.3) is 0 Å². The lowest BCUT2D eigenvalue weighted by Crippen LogP contribution is -2.48. The normalized spacial score (nSPS) is 16.2. The molecule has 6 nitrogen and oxygen atoms in total. The number of hydrogen-bond donors (Lipinski definition) is 0. The van der Waals surface area contributed by atoms with Crippen LogP contribution in [0, 0.1) is 22.7 Å². The Hall–Kier alpha value is -3.06. The maximum Gasteiger partial charge on any atom is 0.123 e. The lowest BCUT2D eigenvalue weighted by molar-refractivity contribution is 0.0979. The summed E-state index contributed by atoms with van der Waals surface area (Å²) in [5, 5.41) is 19.8. The zero-order chi connectivity index (χ0) is 24.2. The van der Waals surface area contributed by atoms with Crippen molar-refractivity contribution >= 4 is 0 Å². The Bertz CT molecular complexity index is 859. The van der Waals surface area contributed by atoms with Gasteiger partial charge < -0.3 is 9.47 Å². The Labute approximate surface area is 204 Å². The summed E-state index contributed by atoms with van der Waals surface area (Å²) in [5.41, 5.74) is 1.96. The molecule has 2 aromatic rings. The molecule has 0 aromatic heterocycles. The fourth-order valence-electron chi connectivity index (χ4n) is 4.15. The third-order valence-corrected chi connectivity index (χ3v) is 6.25. The minimum Gasteiger partial charge on any atom is -0.494 e. The Morgan fingerprint density at radius 3 is 1.32 bits per heavy atom. The molecule has 2 atom stereocenters. The van der Waals surface area contributed by atoms with Crippen molar-refractivity contribution in [1.82, 2.24) is 9.80 Å². The summed E-state index contributed by atoms with van der Waals surface area (Å²) >= 11 is 0. The maximum absolute atomic E-state index is 9.88. The molecule has 1 heterocycles. The molecule has 0 N–H and O–H groups in total. The van der Waals surface area contributed by atoms with Crippen LogP contribution >= 0.6 is 0 Å². The maximum atomic E-state index is 9.88. The molecular weight excluding hydrogens is 424 g/mol. The molecule has 3 rings (SSSR count). The van der Waals surface area contributed by atoms with Gasteiger partial charge >= 0.3 is 0 Å². The third kappa shape index (κ3) is 6.97. The molecule has 0 amide bonds. The van der Waals surface area contributed by atoms with E-state index in [2.05, 4.69) is 35.8 Å². The summed E-state index contributed by atoms with van der Waals surface area (Å²) in [5.74, 6) is 1.69. The molecule has 0 spiro atoms. The number of benzene rings is 2. The van der Waals surface area contributed by atoms with Crippen molar-refractivity contribution in [3.63, 3.8) is 0 Å². The van der Waals surface area contributed by atoms with Crippen molar-refractivity contribution in [2.24, 2.45) is 0 Å². The molecule has 1 aliphatic rings. The first kappa shape index (κ1) is 25.6. The Morgan fingerprint density at radius 1 is 0.676 bits per heavy atom. The molecule has 1 aliphatic heterocycles. The van der Waals surface area contributed by atoms with Gasteiger partial charge in [0.15, 0.2) is 0 Å². The van der Waals surface area contributed by atoms with Gasteiger partial charge in [0.05, 0.1) is 25.4 Å². The summed E-state index contributed by atoms with van der Waals surface area (Å²) in [6.45, 7) is 8.67. The Kier molecular flexibility index (Phi) is 10.2. The molecule has 34 heavy (non-hydrogen) atoms. The van der Waals surface area contributed by atoms with Crippen LogP contribution in [0.15, 0.2) is 48.5 Å². The second-order valence-electron chi connectivity index (χ2n) is 8.68. The molecule has 0 aliphatic carbocycles. The zero-order valence-electron chi connectivity index (χ0n) is 20.4. The Balaban J connectivity index is 1.56. The fourth-order valence-corrected chi connectivity index (χ4v) is 4.15. The van der Waals surface area contributed by atoms with E-state index in [1.807, 2.05) is 48.5 Å². The van der Waals surface area contributed by atoms with E-state index in [1.54, 1.807) is 0 Å². The highest BCUT2D eigenvalue weighted by atomic mass is 16.5. The highest BCUT2D eigenvalue weighted by molar-refractivity contribution is 5.33. The first-order chi connectivity index (χ1) is 16.7. The van der Waals surface area contributed by atoms with Gasteiger partial charge in [-0.2, -0.15) is 10.5 Å². The molecule has 1 fully saturated rings. The van der Waals surface area contributed by atoms with Crippen LogP contribution in [-0.4, -0.2) is 49.2 Å². The average molecular weight is 461 g/mol. The number of ether oxygens (including phenoxy) is 2. The standard InChI is InChI=1S/C28H36N4O2/c1-3-5-19-33-25-11-7-23(8-12-25)27(21-29)31-15-17-32(18-16-31)28(22-30)24-9-13-26(14-10-24)34-20-6-4-2/h7-14,27-28H,3-6,15-20H2,1-2H3. The average Bonchev–Trinajstić information content (AvgIpc) is 2.88. The van der Waals surface area contributed by atoms with Crippen molar-refractivity contribution in [3.8, 4) is 23.6 Å². The molecular formula is C28H36N4O2. The summed E-state index contributed by atoms with van der Waals surface area (Å²) in [6.07, 6.45) is 4.28. The predicted octanol–water partition coefficient (Wildman–Crippen LogP) is 5.49. The molecule has 0 saturated carbocycles. The van der Waals surface area contributed by atoms with Crippen molar-refractivity contribution in [1.29, 1.82) is 10.5 Å². The van der Waals surface area contributed by atoms with E-state index in [9.17, 15) is 10.5 Å². The van der Waals surface area contributed by atoms with E-state index in [1.165, 1.54) is 0 Å². The minimum atomic E-state index is -0.299. The van der Waals surface area contributed by atoms with Crippen LogP contribution in [-0.2, 0) is 0 Å². The quantitative estimate of drug-likeness (QED) is 0.390. The predicted molar refractivity (Wildman–Crippen MR) is 134 cm³/mol. The smallest absolute Gasteiger partial charge is 0.123 e. The van der Waals surface area contributed by atoms with Gasteiger partial charge in [-0.1, -0.05) is 51.0 Å². The lowest BCUT2D eigenvalue weighted by Gasteiger charge is -2.38. The van der Waals surface area contributed by atoms with Crippen molar-refractivity contribution in [3.05, 3.63) is 59.7 Å². The summed E-state index contributed by atoms with van der Waals surface area (Å²) in [4.78, 5) is 4.39. The lowest BCUT2D eigenvalue weighted by atomic mass is 10.0. The SMILES string of the molecule is CCCCOc1ccc(C(C#N)N2CCN(C(C#N)c3ccc(OCCCC)cc3)CC2)cc1. The van der Waals surface area contributed by atoms with Crippen LogP contribution in [0.2, 0.25) is 0 Å². The van der Waals surface area contributed by atoms with E-state index in [4.69, 9.17) is 9.47 Å². The highest BCUT2D eigenvalue weighted by Gasteiger charge is 2.29. The van der Waals surface area contributed by atoms with Crippen molar-refractivity contribution in [2.45, 2.75) is 51.6 Å². The molecule has 0 radical (unpaired) electrons. The first-order valence-corrected chi connectivity index (χ1v) is 12.4. The van der Waals surface area contributed by atoms with E-state index in [0.29, 0.717) is 13.2 Å². The number of rotatable bonds is 12. The number of unbranched alkanes of at least 4 members (excludes halogenated alkanes) is 2. The summed E-state index contributed by atoms with van der Waals surface area (Å²) < 4.78 is 11.5. The molecule has 2 unspecified atom stereocenters. The molecule has 1 saturated heterocycles. The largest absolute Gasteiger partial charge is 0.494 e. The monoisotopic (exact) mass is 460 g/mol. The van der Waals surface area contributed by atoms with Gasteiger partial charge in [-0.3, -0.25) is 9.80 Å². The van der Waals surface area contributed by atoms with Gasteiger partial charge in [-0.25, -0.2) is 0 Å². The van der Waals surface area contributed by atoms with E-state index in [-0.39, 0.29) is 12.1 Å². The molecule has 6 heteroatoms. The van der Waals surface area contributed by atoms with Crippen LogP contribution in [0.1, 0.15) is 62.7 Å². The van der Waals surface area contributed by atoms with Crippen molar-refractivity contribution < 1.29 is 9.47 Å². The number of nitrogens with zero attached hydrogens (tertiary/aromatic N) is 4. The highest BCUT2D eigenvalue weighted by Crippen LogP contribution is 2.28. The zero-order valence-corrected chi connectivity index (χ0v) is 20.4. The molecule has 180 valence electrons. The minimum absolute atomic E-state index is 0.299. The van der Waals surface area contributed by atoms with Gasteiger partial charge in [0.2, 0.25) is 0 Å². The second kappa shape index (κ2) is 13.6. The van der Waals surface area contributed by atoms with Crippen molar-refractivity contribution in [2.75, 3.05) is 39.4 Å². The third-order valence-electron chi connectivity index (χ3n) is 6.25. The van der Waals surface area contributed by atoms with Crippen LogP contribution in [0.4, 0.5) is 0 Å². The van der Waals surface area contributed by atoms with Crippen LogP contribution in [0.3, 0.4) is 0 Å². The summed E-state index contributed by atoms with van der Waals surface area (Å²) in [6, 6.07) is 20.1. The van der Waals surface area contributed by atoms with Crippen LogP contribution < -0.4 is 9.47 Å². The van der Waals surface area contributed by atoms with E-state index < -0.39 is 0 Å². The Morgan fingerprint density at radius 2 is 1.03 bits per heavy atom. The van der Waals surface area contributed by atoms with Gasteiger partial charge in [0, 0.05) is 26.2 Å². The van der Waals surface area contributed by atoms with E-state index >= 15 is 0 Å². The van der Waals surface area contributed by atoms with E-state index in [0.717, 1.165) is 74.5 Å². The molecule has 2 aromatic carbocycles. The summed E-state index contributed by atoms with van der Waals surface area (Å²) in [7, 11) is 0. The van der Waals surface area contributed by atoms with Gasteiger partial charge in [-0.05, 0) is 48.2 Å². The van der Waals surface area contributed by atoms with Gasteiger partial charge in [0.25, 0.3) is 0 Å². The molecule has 0 bridgehead atoms. The topological polar surface area (TPSA) is 72.5 Å². The van der Waals surface area contributed by atoms with Gasteiger partial charge in [-0.15, -0.1) is 0 Å².